The lowest BCUT2D eigenvalue weighted by Crippen LogP contribution is -2.32. The van der Waals surface area contributed by atoms with Crippen LogP contribution in [0.4, 0.5) is 11.4 Å². The number of cyclic esters (lactones) is 1. The van der Waals surface area contributed by atoms with Gasteiger partial charge in [0, 0.05) is 60.4 Å². The van der Waals surface area contributed by atoms with Gasteiger partial charge in [-0.15, -0.1) is 0 Å². The van der Waals surface area contributed by atoms with E-state index in [1.807, 2.05) is 12.1 Å². The van der Waals surface area contributed by atoms with Gasteiger partial charge in [0.2, 0.25) is 0 Å². The van der Waals surface area contributed by atoms with Gasteiger partial charge in [0.05, 0.1) is 0 Å². The number of hydrogen-bond acceptors (Lipinski definition) is 5. The van der Waals surface area contributed by atoms with E-state index in [1.165, 1.54) is 62.7 Å². The lowest BCUT2D eigenvalue weighted by Gasteiger charge is -2.34. The van der Waals surface area contributed by atoms with Crippen molar-refractivity contribution in [2.24, 2.45) is 0 Å². The molecular weight excluding hydrogens is 518 g/mol. The smallest absolute Gasteiger partial charge is 0.358 e. The van der Waals surface area contributed by atoms with E-state index in [9.17, 15) is 4.79 Å². The van der Waals surface area contributed by atoms with E-state index in [1.54, 1.807) is 6.20 Å². The van der Waals surface area contributed by atoms with E-state index in [0.29, 0.717) is 5.69 Å². The van der Waals surface area contributed by atoms with Crippen LogP contribution in [0.15, 0.2) is 54.7 Å². The number of aromatic nitrogens is 1. The van der Waals surface area contributed by atoms with Crippen molar-refractivity contribution in [3.63, 3.8) is 0 Å². The Labute approximate surface area is 254 Å². The molecule has 226 valence electrons. The number of carbonyl (C=O) groups is 1. The normalized spacial score (nSPS) is 13.6. The highest BCUT2D eigenvalue weighted by Crippen LogP contribution is 2.49. The summed E-state index contributed by atoms with van der Waals surface area (Å²) in [7, 11) is 0. The molecule has 5 heteroatoms. The van der Waals surface area contributed by atoms with Crippen molar-refractivity contribution in [1.29, 1.82) is 0 Å². The maximum absolute atomic E-state index is 13.4. The molecule has 0 unspecified atom stereocenters. The fourth-order valence-electron chi connectivity index (χ4n) is 6.25. The van der Waals surface area contributed by atoms with Crippen molar-refractivity contribution in [1.82, 2.24) is 4.98 Å². The molecule has 1 aliphatic heterocycles. The first-order valence-corrected chi connectivity index (χ1v) is 16.3. The van der Waals surface area contributed by atoms with Crippen molar-refractivity contribution in [3.05, 3.63) is 88.2 Å². The van der Waals surface area contributed by atoms with Gasteiger partial charge in [0.25, 0.3) is 0 Å². The minimum Gasteiger partial charge on any atom is -0.439 e. The van der Waals surface area contributed by atoms with E-state index in [-0.39, 0.29) is 5.97 Å². The lowest BCUT2D eigenvalue weighted by molar-refractivity contribution is 0.0245. The molecule has 0 radical (unpaired) electrons. The van der Waals surface area contributed by atoms with Gasteiger partial charge in [-0.3, -0.25) is 0 Å². The maximum Gasteiger partial charge on any atom is 0.358 e. The van der Waals surface area contributed by atoms with Gasteiger partial charge in [-0.2, -0.15) is 0 Å². The summed E-state index contributed by atoms with van der Waals surface area (Å²) in [6.45, 7) is 17.5. The fourth-order valence-corrected chi connectivity index (χ4v) is 6.25. The molecule has 1 aromatic heterocycles. The van der Waals surface area contributed by atoms with E-state index in [0.717, 1.165) is 54.0 Å². The number of rotatable bonds is 16. The Morgan fingerprint density at radius 2 is 1.12 bits per heavy atom. The number of nitrogens with zero attached hydrogens (tertiary/aromatic N) is 3. The Morgan fingerprint density at radius 1 is 0.667 bits per heavy atom. The number of pyridine rings is 1. The quantitative estimate of drug-likeness (QED) is 0.161. The molecule has 0 bridgehead atoms. The number of carbonyl (C=O) groups excluding carboxylic acids is 1. The molecule has 0 fully saturated rings. The summed E-state index contributed by atoms with van der Waals surface area (Å²) in [5.74, 6) is -0.363. The predicted octanol–water partition coefficient (Wildman–Crippen LogP) is 8.97. The summed E-state index contributed by atoms with van der Waals surface area (Å²) >= 11 is 0. The van der Waals surface area contributed by atoms with Gasteiger partial charge in [-0.05, 0) is 81.0 Å². The molecule has 0 aliphatic carbocycles. The molecule has 5 nitrogen and oxygen atoms in total. The van der Waals surface area contributed by atoms with Crippen molar-refractivity contribution >= 4 is 17.3 Å². The van der Waals surface area contributed by atoms with E-state index in [2.05, 4.69) is 92.7 Å². The number of ether oxygens (including phenoxy) is 1. The van der Waals surface area contributed by atoms with Crippen LogP contribution in [-0.4, -0.2) is 37.1 Å². The van der Waals surface area contributed by atoms with Crippen LogP contribution in [-0.2, 0) is 10.3 Å². The second-order valence-electron chi connectivity index (χ2n) is 11.9. The first-order valence-electron chi connectivity index (χ1n) is 16.3. The molecule has 0 amide bonds. The van der Waals surface area contributed by atoms with Gasteiger partial charge in [-0.25, -0.2) is 9.78 Å². The van der Waals surface area contributed by atoms with Gasteiger partial charge in [0.15, 0.2) is 11.3 Å². The maximum atomic E-state index is 13.4. The molecule has 0 atom stereocenters. The number of unbranched alkanes of at least 4 members (excludes halogenated alkanes) is 4. The van der Waals surface area contributed by atoms with Crippen LogP contribution in [0.3, 0.4) is 0 Å². The highest BCUT2D eigenvalue weighted by molar-refractivity contribution is 5.94. The Morgan fingerprint density at radius 3 is 1.52 bits per heavy atom. The van der Waals surface area contributed by atoms with E-state index in [4.69, 9.17) is 4.74 Å². The largest absolute Gasteiger partial charge is 0.439 e. The zero-order valence-corrected chi connectivity index (χ0v) is 26.8. The van der Waals surface area contributed by atoms with Crippen LogP contribution < -0.4 is 9.80 Å². The summed E-state index contributed by atoms with van der Waals surface area (Å²) in [4.78, 5) is 22.9. The SMILES string of the molecule is CCCCN(CCCC)c1ccc(C2(c3ccc(N(CCCC)CCCC)cc3C)OC(=O)c3ncccc32)c(C)c1. The van der Waals surface area contributed by atoms with Crippen molar-refractivity contribution in [2.75, 3.05) is 36.0 Å². The number of fused-ring (bicyclic) bond motifs is 1. The van der Waals surface area contributed by atoms with Gasteiger partial charge in [-0.1, -0.05) is 71.6 Å². The molecule has 4 rings (SSSR count). The summed E-state index contributed by atoms with van der Waals surface area (Å²) in [6.07, 6.45) is 11.1. The Balaban J connectivity index is 1.83. The third-order valence-electron chi connectivity index (χ3n) is 8.66. The zero-order chi connectivity index (χ0) is 30.1. The number of anilines is 2. The number of aryl methyl sites for hydroxylation is 2. The zero-order valence-electron chi connectivity index (χ0n) is 26.8. The van der Waals surface area contributed by atoms with Crippen LogP contribution in [0.25, 0.3) is 0 Å². The van der Waals surface area contributed by atoms with Gasteiger partial charge in [0.1, 0.15) is 0 Å². The molecule has 0 spiro atoms. The van der Waals surface area contributed by atoms with Gasteiger partial charge < -0.3 is 14.5 Å². The second-order valence-corrected chi connectivity index (χ2v) is 11.9. The molecule has 0 saturated heterocycles. The molecule has 1 aliphatic rings. The standard InChI is InChI=1S/C37H51N3O2/c1-7-11-22-39(23-12-8-2)30-17-19-32(28(5)26-30)37(34-16-15-21-38-35(34)36(41)42-37)33-20-18-31(27-29(33)6)40(24-13-9-3)25-14-10-4/h15-21,26-27H,7-14,22-25H2,1-6H3. The Hall–Kier alpha value is -3.34. The highest BCUT2D eigenvalue weighted by atomic mass is 16.6. The topological polar surface area (TPSA) is 45.7 Å². The first-order chi connectivity index (χ1) is 20.4. The third kappa shape index (κ3) is 6.50. The van der Waals surface area contributed by atoms with E-state index >= 15 is 0 Å². The number of benzene rings is 2. The average molecular weight is 570 g/mol. The Kier molecular flexibility index (Phi) is 11.1. The minimum atomic E-state index is -1.04. The van der Waals surface area contributed by atoms with Crippen LogP contribution in [0.2, 0.25) is 0 Å². The van der Waals surface area contributed by atoms with Crippen molar-refractivity contribution in [3.8, 4) is 0 Å². The molecule has 42 heavy (non-hydrogen) atoms. The average Bonchev–Trinajstić information content (AvgIpc) is 3.29. The molecule has 0 N–H and O–H groups in total. The Bertz CT molecular complexity index is 1250. The monoisotopic (exact) mass is 569 g/mol. The minimum absolute atomic E-state index is 0.363. The summed E-state index contributed by atoms with van der Waals surface area (Å²) in [5.41, 5.74) is 6.90. The third-order valence-corrected chi connectivity index (χ3v) is 8.66. The molecule has 3 aromatic rings. The van der Waals surface area contributed by atoms with Crippen LogP contribution in [0, 0.1) is 13.8 Å². The van der Waals surface area contributed by atoms with Crippen LogP contribution in [0.5, 0.6) is 0 Å². The summed E-state index contributed by atoms with van der Waals surface area (Å²) in [6, 6.07) is 17.3. The number of hydrogen-bond donors (Lipinski definition) is 0. The van der Waals surface area contributed by atoms with Crippen LogP contribution >= 0.6 is 0 Å². The van der Waals surface area contributed by atoms with Gasteiger partial charge >= 0.3 is 5.97 Å². The van der Waals surface area contributed by atoms with Crippen molar-refractivity contribution in [2.45, 2.75) is 98.5 Å². The van der Waals surface area contributed by atoms with E-state index < -0.39 is 5.60 Å². The molecule has 2 heterocycles. The summed E-state index contributed by atoms with van der Waals surface area (Å²) in [5, 5.41) is 0. The second kappa shape index (κ2) is 14.7. The lowest BCUT2D eigenvalue weighted by atomic mass is 9.77. The summed E-state index contributed by atoms with van der Waals surface area (Å²) < 4.78 is 6.48. The molecule has 0 saturated carbocycles. The predicted molar refractivity (Wildman–Crippen MR) is 176 cm³/mol. The number of esters is 1. The molecule has 2 aromatic carbocycles. The highest BCUT2D eigenvalue weighted by Gasteiger charge is 2.50. The van der Waals surface area contributed by atoms with Crippen LogP contribution in [0.1, 0.15) is 117 Å². The van der Waals surface area contributed by atoms with Crippen molar-refractivity contribution < 1.29 is 9.53 Å². The molecular formula is C37H51N3O2. The first kappa shape index (κ1) is 31.6. The fraction of sp³-hybridized carbons (Fsp3) is 0.514.